The number of halogens is 2. The van der Waals surface area contributed by atoms with Crippen molar-refractivity contribution in [3.05, 3.63) is 53.6 Å². The molecular weight excluding hydrogens is 292 g/mol. The zero-order chi connectivity index (χ0) is 15.9. The molecule has 0 bridgehead atoms. The summed E-state index contributed by atoms with van der Waals surface area (Å²) < 4.78 is 33.7. The Bertz CT molecular complexity index is 840. The van der Waals surface area contributed by atoms with Gasteiger partial charge in [-0.2, -0.15) is 0 Å². The summed E-state index contributed by atoms with van der Waals surface area (Å²) in [5, 5.41) is 8.91. The van der Waals surface area contributed by atoms with Gasteiger partial charge < -0.3 is 9.52 Å². The number of carboxylic acids is 1. The van der Waals surface area contributed by atoms with Gasteiger partial charge in [-0.1, -0.05) is 18.2 Å². The van der Waals surface area contributed by atoms with Crippen molar-refractivity contribution in [1.29, 1.82) is 0 Å². The lowest BCUT2D eigenvalue weighted by Gasteiger charge is -2.10. The summed E-state index contributed by atoms with van der Waals surface area (Å²) >= 11 is 0. The summed E-state index contributed by atoms with van der Waals surface area (Å²) in [7, 11) is 0. The summed E-state index contributed by atoms with van der Waals surface area (Å²) in [5.41, 5.74) is 0.625. The van der Waals surface area contributed by atoms with Gasteiger partial charge in [0, 0.05) is 5.56 Å². The predicted molar refractivity (Wildman–Crippen MR) is 75.4 cm³/mol. The zero-order valence-electron chi connectivity index (χ0n) is 11.5. The minimum absolute atomic E-state index is 0.0490. The maximum absolute atomic E-state index is 14.2. The third-order valence-electron chi connectivity index (χ3n) is 3.47. The lowest BCUT2D eigenvalue weighted by atomic mass is 9.98. The van der Waals surface area contributed by atoms with Crippen molar-refractivity contribution in [2.75, 3.05) is 0 Å². The van der Waals surface area contributed by atoms with Crippen LogP contribution in [0.1, 0.15) is 18.4 Å². The van der Waals surface area contributed by atoms with Crippen LogP contribution in [-0.4, -0.2) is 16.1 Å². The van der Waals surface area contributed by atoms with E-state index < -0.39 is 23.5 Å². The highest BCUT2D eigenvalue weighted by molar-refractivity contribution is 5.77. The van der Waals surface area contributed by atoms with Crippen molar-refractivity contribution in [2.24, 2.45) is 0 Å². The van der Waals surface area contributed by atoms with Gasteiger partial charge in [0.2, 0.25) is 5.89 Å². The molecule has 0 fully saturated rings. The molecule has 1 aromatic heterocycles. The molecule has 0 spiro atoms. The molecule has 0 radical (unpaired) electrons. The Labute approximate surface area is 124 Å². The molecule has 1 unspecified atom stereocenters. The molecule has 1 atom stereocenters. The van der Waals surface area contributed by atoms with E-state index in [2.05, 4.69) is 4.98 Å². The minimum atomic E-state index is -1.23. The molecule has 0 saturated heterocycles. The van der Waals surface area contributed by atoms with Crippen molar-refractivity contribution in [1.82, 2.24) is 4.98 Å². The molecule has 0 aliphatic rings. The van der Waals surface area contributed by atoms with Crippen LogP contribution in [0.5, 0.6) is 0 Å². The van der Waals surface area contributed by atoms with Crippen LogP contribution in [0.25, 0.3) is 22.6 Å². The Balaban J connectivity index is 2.12. The van der Waals surface area contributed by atoms with E-state index in [1.807, 2.05) is 0 Å². The number of fused-ring (bicyclic) bond motifs is 1. The summed E-state index contributed by atoms with van der Waals surface area (Å²) in [5.74, 6) is -4.79. The second-order valence-corrected chi connectivity index (χ2v) is 4.88. The number of nitrogens with zero attached hydrogens (tertiary/aromatic N) is 1. The molecule has 3 rings (SSSR count). The standard InChI is InChI=1S/C16H11F2NO3/c1-8(16(20)21)9-6-7-10(14(18)13(9)17)15-19-11-4-2-3-5-12(11)22-15/h2-8H,1H3,(H,20,21). The number of aromatic nitrogens is 1. The lowest BCUT2D eigenvalue weighted by Crippen LogP contribution is -2.10. The number of aliphatic carboxylic acids is 1. The zero-order valence-corrected chi connectivity index (χ0v) is 11.5. The number of para-hydroxylation sites is 2. The van der Waals surface area contributed by atoms with Crippen molar-refractivity contribution in [3.63, 3.8) is 0 Å². The van der Waals surface area contributed by atoms with E-state index in [9.17, 15) is 13.6 Å². The van der Waals surface area contributed by atoms with Gasteiger partial charge in [-0.05, 0) is 25.1 Å². The SMILES string of the molecule is CC(C(=O)O)c1ccc(-c2nc3ccccc3o2)c(F)c1F. The van der Waals surface area contributed by atoms with Crippen LogP contribution in [0.3, 0.4) is 0 Å². The quantitative estimate of drug-likeness (QED) is 0.795. The molecule has 1 N–H and O–H groups in total. The summed E-state index contributed by atoms with van der Waals surface area (Å²) in [6.45, 7) is 1.29. The van der Waals surface area contributed by atoms with Gasteiger partial charge in [0.25, 0.3) is 0 Å². The van der Waals surface area contributed by atoms with E-state index in [0.717, 1.165) is 0 Å². The van der Waals surface area contributed by atoms with E-state index in [1.165, 1.54) is 19.1 Å². The van der Waals surface area contributed by atoms with E-state index in [4.69, 9.17) is 9.52 Å². The second-order valence-electron chi connectivity index (χ2n) is 4.88. The summed E-state index contributed by atoms with van der Waals surface area (Å²) in [6, 6.07) is 9.37. The van der Waals surface area contributed by atoms with Crippen LogP contribution in [0.15, 0.2) is 40.8 Å². The van der Waals surface area contributed by atoms with Gasteiger partial charge in [0.05, 0.1) is 11.5 Å². The first kappa shape index (κ1) is 14.2. The fourth-order valence-corrected chi connectivity index (χ4v) is 2.18. The highest BCUT2D eigenvalue weighted by atomic mass is 19.2. The third-order valence-corrected chi connectivity index (χ3v) is 3.47. The van der Waals surface area contributed by atoms with E-state index in [0.29, 0.717) is 11.1 Å². The molecule has 0 amide bonds. The average molecular weight is 303 g/mol. The van der Waals surface area contributed by atoms with Crippen LogP contribution in [0.2, 0.25) is 0 Å². The topological polar surface area (TPSA) is 63.3 Å². The predicted octanol–water partition coefficient (Wildman–Crippen LogP) is 3.96. The van der Waals surface area contributed by atoms with Crippen molar-refractivity contribution >= 4 is 17.1 Å². The van der Waals surface area contributed by atoms with Crippen molar-refractivity contribution in [3.8, 4) is 11.5 Å². The molecule has 1 heterocycles. The molecule has 22 heavy (non-hydrogen) atoms. The Morgan fingerprint density at radius 1 is 1.18 bits per heavy atom. The highest BCUT2D eigenvalue weighted by Gasteiger charge is 2.24. The van der Waals surface area contributed by atoms with Gasteiger partial charge in [0.15, 0.2) is 17.2 Å². The van der Waals surface area contributed by atoms with Crippen LogP contribution in [-0.2, 0) is 4.79 Å². The molecule has 2 aromatic carbocycles. The van der Waals surface area contributed by atoms with Crippen LogP contribution in [0.4, 0.5) is 8.78 Å². The first-order valence-electron chi connectivity index (χ1n) is 6.55. The van der Waals surface area contributed by atoms with E-state index in [-0.39, 0.29) is 17.0 Å². The minimum Gasteiger partial charge on any atom is -0.481 e. The number of hydrogen-bond donors (Lipinski definition) is 1. The smallest absolute Gasteiger partial charge is 0.310 e. The lowest BCUT2D eigenvalue weighted by molar-refractivity contribution is -0.138. The largest absolute Gasteiger partial charge is 0.481 e. The van der Waals surface area contributed by atoms with Gasteiger partial charge in [-0.3, -0.25) is 4.79 Å². The maximum Gasteiger partial charge on any atom is 0.310 e. The molecular formula is C16H11F2NO3. The van der Waals surface area contributed by atoms with Gasteiger partial charge in [-0.25, -0.2) is 13.8 Å². The molecule has 6 heteroatoms. The molecule has 112 valence electrons. The van der Waals surface area contributed by atoms with Gasteiger partial charge in [0.1, 0.15) is 5.52 Å². The first-order chi connectivity index (χ1) is 10.5. The molecule has 0 aliphatic carbocycles. The summed E-state index contributed by atoms with van der Waals surface area (Å²) in [6.07, 6.45) is 0. The average Bonchev–Trinajstić information content (AvgIpc) is 2.92. The molecule has 0 aliphatic heterocycles. The number of carboxylic acid groups (broad SMARTS) is 1. The van der Waals surface area contributed by atoms with Crippen molar-refractivity contribution < 1.29 is 23.1 Å². The van der Waals surface area contributed by atoms with Crippen molar-refractivity contribution in [2.45, 2.75) is 12.8 Å². The second kappa shape index (κ2) is 5.22. The van der Waals surface area contributed by atoms with Gasteiger partial charge >= 0.3 is 5.97 Å². The number of carbonyl (C=O) groups is 1. The Morgan fingerprint density at radius 2 is 1.91 bits per heavy atom. The Morgan fingerprint density at radius 3 is 2.59 bits per heavy atom. The summed E-state index contributed by atoms with van der Waals surface area (Å²) in [4.78, 5) is 15.0. The van der Waals surface area contributed by atoms with E-state index in [1.54, 1.807) is 24.3 Å². The fourth-order valence-electron chi connectivity index (χ4n) is 2.18. The highest BCUT2D eigenvalue weighted by Crippen LogP contribution is 2.31. The monoisotopic (exact) mass is 303 g/mol. The molecule has 3 aromatic rings. The maximum atomic E-state index is 14.2. The van der Waals surface area contributed by atoms with Crippen LogP contribution in [0, 0.1) is 11.6 Å². The number of rotatable bonds is 3. The number of benzene rings is 2. The first-order valence-corrected chi connectivity index (χ1v) is 6.55. The molecule has 0 saturated carbocycles. The number of hydrogen-bond acceptors (Lipinski definition) is 3. The Kier molecular flexibility index (Phi) is 3.36. The van der Waals surface area contributed by atoms with Crippen LogP contribution >= 0.6 is 0 Å². The Hall–Kier alpha value is -2.76. The normalized spacial score (nSPS) is 12.5. The van der Waals surface area contributed by atoms with Crippen LogP contribution < -0.4 is 0 Å². The molecule has 4 nitrogen and oxygen atoms in total. The number of oxazole rings is 1. The van der Waals surface area contributed by atoms with Gasteiger partial charge in [-0.15, -0.1) is 0 Å². The van der Waals surface area contributed by atoms with E-state index >= 15 is 0 Å². The fraction of sp³-hybridized carbons (Fsp3) is 0.125. The third kappa shape index (κ3) is 2.22.